The van der Waals surface area contributed by atoms with Gasteiger partial charge in [0.05, 0.1) is 0 Å². The molecule has 2 amide bonds. The molecule has 0 fully saturated rings. The number of ether oxygens (including phenoxy) is 2. The van der Waals surface area contributed by atoms with Crippen LogP contribution in [0.4, 0.5) is 21.0 Å². The maximum Gasteiger partial charge on any atom is 0.411 e. The van der Waals surface area contributed by atoms with E-state index in [4.69, 9.17) is 9.47 Å². The third-order valence-corrected chi connectivity index (χ3v) is 7.19. The number of hydrogen-bond donors (Lipinski definition) is 2. The number of unbranched alkanes of at least 4 members (excludes halogenated alkanes) is 10. The normalized spacial score (nSPS) is 11.2. The molecule has 230 valence electrons. The van der Waals surface area contributed by atoms with Crippen molar-refractivity contribution in [2.24, 2.45) is 0 Å². The van der Waals surface area contributed by atoms with Gasteiger partial charge in [0.2, 0.25) is 0 Å². The second-order valence-electron chi connectivity index (χ2n) is 10.5. The summed E-state index contributed by atoms with van der Waals surface area (Å²) >= 11 is 0. The lowest BCUT2D eigenvalue weighted by molar-refractivity contribution is 0.139. The van der Waals surface area contributed by atoms with Crippen molar-refractivity contribution in [1.82, 2.24) is 9.80 Å². The van der Waals surface area contributed by atoms with Gasteiger partial charge >= 0.3 is 12.2 Å². The zero-order valence-electron chi connectivity index (χ0n) is 26.0. The summed E-state index contributed by atoms with van der Waals surface area (Å²) in [6, 6.07) is 6.98. The number of carbonyl (C=O) groups excluding carboxylic acids is 2. The van der Waals surface area contributed by atoms with Crippen molar-refractivity contribution in [2.45, 2.75) is 105 Å². The molecule has 0 saturated carbocycles. The van der Waals surface area contributed by atoms with Gasteiger partial charge in [-0.2, -0.15) is 0 Å². The van der Waals surface area contributed by atoms with Crippen molar-refractivity contribution < 1.29 is 19.1 Å². The average Bonchev–Trinajstić information content (AvgIpc) is 2.94. The summed E-state index contributed by atoms with van der Waals surface area (Å²) in [7, 11) is 0. The number of nitrogens with zero attached hydrogens (tertiary/aromatic N) is 2. The Morgan fingerprint density at radius 1 is 0.600 bits per heavy atom. The molecule has 0 spiro atoms. The van der Waals surface area contributed by atoms with Crippen LogP contribution in [0, 0.1) is 0 Å². The quantitative estimate of drug-likeness (QED) is 0.124. The molecule has 40 heavy (non-hydrogen) atoms. The molecule has 0 heterocycles. The van der Waals surface area contributed by atoms with E-state index >= 15 is 0 Å². The van der Waals surface area contributed by atoms with Gasteiger partial charge in [0.15, 0.2) is 0 Å². The molecule has 0 aliphatic heterocycles. The lowest BCUT2D eigenvalue weighted by atomic mass is 10.1. The van der Waals surface area contributed by atoms with Gasteiger partial charge in [-0.25, -0.2) is 9.59 Å². The van der Waals surface area contributed by atoms with Crippen LogP contribution in [-0.2, 0) is 9.47 Å². The first kappa shape index (κ1) is 35.7. The van der Waals surface area contributed by atoms with Gasteiger partial charge in [-0.05, 0) is 57.2 Å². The fourth-order valence-corrected chi connectivity index (χ4v) is 4.61. The van der Waals surface area contributed by atoms with Gasteiger partial charge in [-0.3, -0.25) is 10.6 Å². The minimum atomic E-state index is -0.500. The molecule has 8 nitrogen and oxygen atoms in total. The third-order valence-electron chi connectivity index (χ3n) is 7.19. The van der Waals surface area contributed by atoms with Crippen LogP contribution in [0.3, 0.4) is 0 Å². The monoisotopic (exact) mass is 562 g/mol. The predicted molar refractivity (Wildman–Crippen MR) is 167 cm³/mol. The van der Waals surface area contributed by atoms with Crippen LogP contribution in [0.25, 0.3) is 0 Å². The van der Waals surface area contributed by atoms with Gasteiger partial charge in [0.25, 0.3) is 0 Å². The Balaban J connectivity index is 2.27. The van der Waals surface area contributed by atoms with E-state index in [0.717, 1.165) is 39.3 Å². The highest BCUT2D eigenvalue weighted by atomic mass is 16.6. The van der Waals surface area contributed by atoms with Gasteiger partial charge in [0, 0.05) is 24.5 Å². The Bertz CT molecular complexity index is 718. The predicted octanol–water partition coefficient (Wildman–Crippen LogP) is 8.15. The first-order valence-corrected chi connectivity index (χ1v) is 15.9. The molecule has 0 saturated heterocycles. The summed E-state index contributed by atoms with van der Waals surface area (Å²) in [4.78, 5) is 29.2. The van der Waals surface area contributed by atoms with E-state index in [2.05, 4.69) is 48.1 Å². The van der Waals surface area contributed by atoms with Gasteiger partial charge < -0.3 is 19.3 Å². The standard InChI is InChI=1S/C32H58N4O4/c1-5-9-11-13-15-17-22-35(7-3)24-26-39-31(37)33-29-20-19-21-30(28-29)34-32(38)40-27-25-36(8-4)23-18-16-14-12-10-6-2/h19-21,28H,5-18,22-27H2,1-4H3,(H,33,37)(H,34,38). The average molecular weight is 563 g/mol. The van der Waals surface area contributed by atoms with E-state index in [0.29, 0.717) is 24.6 Å². The van der Waals surface area contributed by atoms with Crippen molar-refractivity contribution in [3.05, 3.63) is 24.3 Å². The SMILES string of the molecule is CCCCCCCCN(CC)CCOC(=O)Nc1cccc(NC(=O)OCCN(CC)CCCCCCCC)c1. The first-order valence-electron chi connectivity index (χ1n) is 15.9. The van der Waals surface area contributed by atoms with Crippen molar-refractivity contribution in [3.8, 4) is 0 Å². The van der Waals surface area contributed by atoms with Crippen molar-refractivity contribution >= 4 is 23.6 Å². The maximum atomic E-state index is 12.3. The van der Waals surface area contributed by atoms with E-state index in [9.17, 15) is 9.59 Å². The molecule has 0 aliphatic rings. The summed E-state index contributed by atoms with van der Waals surface area (Å²) in [5.41, 5.74) is 1.11. The Hall–Kier alpha value is -2.32. The summed E-state index contributed by atoms with van der Waals surface area (Å²) < 4.78 is 10.8. The smallest absolute Gasteiger partial charge is 0.411 e. The van der Waals surface area contributed by atoms with Crippen LogP contribution in [0.1, 0.15) is 105 Å². The molecule has 0 unspecified atom stereocenters. The maximum absolute atomic E-state index is 12.3. The molecule has 0 bridgehead atoms. The first-order chi connectivity index (χ1) is 19.5. The number of rotatable bonds is 24. The summed E-state index contributed by atoms with van der Waals surface area (Å²) in [5, 5.41) is 5.48. The van der Waals surface area contributed by atoms with Gasteiger partial charge in [0.1, 0.15) is 13.2 Å². The molecule has 1 rings (SSSR count). The number of benzene rings is 1. The third kappa shape index (κ3) is 18.9. The summed E-state index contributed by atoms with van der Waals surface area (Å²) in [5.74, 6) is 0. The highest BCUT2D eigenvalue weighted by Crippen LogP contribution is 2.16. The Morgan fingerprint density at radius 3 is 1.40 bits per heavy atom. The number of nitrogens with one attached hydrogen (secondary N) is 2. The molecule has 2 N–H and O–H groups in total. The van der Waals surface area contributed by atoms with Crippen LogP contribution in [0.2, 0.25) is 0 Å². The summed E-state index contributed by atoms with van der Waals surface area (Å²) in [6.07, 6.45) is 14.3. The number of anilines is 2. The number of amides is 2. The zero-order chi connectivity index (χ0) is 29.3. The van der Waals surface area contributed by atoms with Crippen LogP contribution >= 0.6 is 0 Å². The Kier molecular flexibility index (Phi) is 21.8. The van der Waals surface area contributed by atoms with E-state index in [1.807, 2.05) is 0 Å². The number of hydrogen-bond acceptors (Lipinski definition) is 6. The molecular formula is C32H58N4O4. The second kappa shape index (κ2) is 24.5. The van der Waals surface area contributed by atoms with Crippen molar-refractivity contribution in [1.29, 1.82) is 0 Å². The number of carbonyl (C=O) groups is 2. The van der Waals surface area contributed by atoms with Crippen LogP contribution in [-0.4, -0.2) is 74.5 Å². The molecule has 1 aromatic rings. The highest BCUT2D eigenvalue weighted by Gasteiger charge is 2.09. The van der Waals surface area contributed by atoms with E-state index in [1.54, 1.807) is 24.3 Å². The van der Waals surface area contributed by atoms with Crippen molar-refractivity contribution in [2.75, 3.05) is 63.1 Å². The van der Waals surface area contributed by atoms with Crippen LogP contribution in [0.15, 0.2) is 24.3 Å². The molecule has 0 radical (unpaired) electrons. The minimum Gasteiger partial charge on any atom is -0.448 e. The van der Waals surface area contributed by atoms with Crippen LogP contribution in [0.5, 0.6) is 0 Å². The molecule has 8 heteroatoms. The molecular weight excluding hydrogens is 504 g/mol. The van der Waals surface area contributed by atoms with E-state index in [-0.39, 0.29) is 0 Å². The molecule has 1 aromatic carbocycles. The lowest BCUT2D eigenvalue weighted by Gasteiger charge is -2.20. The van der Waals surface area contributed by atoms with Crippen LogP contribution < -0.4 is 10.6 Å². The Morgan fingerprint density at radius 2 is 1.00 bits per heavy atom. The largest absolute Gasteiger partial charge is 0.448 e. The summed E-state index contributed by atoms with van der Waals surface area (Å²) in [6.45, 7) is 14.8. The second-order valence-corrected chi connectivity index (χ2v) is 10.5. The lowest BCUT2D eigenvalue weighted by Crippen LogP contribution is -2.30. The van der Waals surface area contributed by atoms with Crippen molar-refractivity contribution in [3.63, 3.8) is 0 Å². The topological polar surface area (TPSA) is 83.1 Å². The zero-order valence-corrected chi connectivity index (χ0v) is 26.0. The Labute approximate surface area is 244 Å². The van der Waals surface area contributed by atoms with Gasteiger partial charge in [-0.15, -0.1) is 0 Å². The minimum absolute atomic E-state index is 0.341. The van der Waals surface area contributed by atoms with E-state index < -0.39 is 12.2 Å². The molecule has 0 aromatic heterocycles. The fourth-order valence-electron chi connectivity index (χ4n) is 4.61. The molecule has 0 atom stereocenters. The highest BCUT2D eigenvalue weighted by molar-refractivity contribution is 5.88. The fraction of sp³-hybridized carbons (Fsp3) is 0.750. The van der Waals surface area contributed by atoms with E-state index in [1.165, 1.54) is 77.0 Å². The number of likely N-dealkylation sites (N-methyl/N-ethyl adjacent to an activating group) is 2. The molecule has 0 aliphatic carbocycles. The van der Waals surface area contributed by atoms with Gasteiger partial charge in [-0.1, -0.05) is 98.0 Å².